The van der Waals surface area contributed by atoms with Crippen molar-refractivity contribution in [1.82, 2.24) is 15.2 Å². The second kappa shape index (κ2) is 8.92. The number of benzene rings is 2. The highest BCUT2D eigenvalue weighted by molar-refractivity contribution is 7.18. The predicted molar refractivity (Wildman–Crippen MR) is 108 cm³/mol. The maximum atomic E-state index is 12.3. The second-order valence-electron chi connectivity index (χ2n) is 6.66. The van der Waals surface area contributed by atoms with Gasteiger partial charge in [-0.2, -0.15) is 0 Å². The summed E-state index contributed by atoms with van der Waals surface area (Å²) < 4.78 is 1.20. The third kappa shape index (κ3) is 5.13. The van der Waals surface area contributed by atoms with E-state index in [9.17, 15) is 4.79 Å². The van der Waals surface area contributed by atoms with Gasteiger partial charge in [0, 0.05) is 25.6 Å². The lowest BCUT2D eigenvalue weighted by atomic mass is 10.2. The summed E-state index contributed by atoms with van der Waals surface area (Å²) in [4.78, 5) is 19.1. The zero-order valence-electron chi connectivity index (χ0n) is 15.3. The Morgan fingerprint density at radius 1 is 1.12 bits per heavy atom. The third-order valence-corrected chi connectivity index (χ3v) is 5.40. The van der Waals surface area contributed by atoms with E-state index in [0.717, 1.165) is 23.5 Å². The molecule has 0 atom stereocenters. The van der Waals surface area contributed by atoms with Gasteiger partial charge in [-0.15, -0.1) is 11.3 Å². The number of hydrogen-bond donors (Lipinski definition) is 1. The standard InChI is InChI=1S/C21H25N3OS/c1-16(2)24(14-17-8-4-3-5-9-17)15-20(25)22-13-12-21-23-18-10-6-7-11-19(18)26-21/h3-11,16H,12-15H2,1-2H3,(H,22,25). The van der Waals surface area contributed by atoms with Gasteiger partial charge < -0.3 is 5.32 Å². The molecule has 3 aromatic rings. The lowest BCUT2D eigenvalue weighted by Gasteiger charge is -2.25. The van der Waals surface area contributed by atoms with E-state index in [0.29, 0.717) is 19.1 Å². The Bertz CT molecular complexity index is 812. The first-order chi connectivity index (χ1) is 12.6. The first-order valence-electron chi connectivity index (χ1n) is 9.01. The molecular formula is C21H25N3OS. The SMILES string of the molecule is CC(C)N(CC(=O)NCCc1nc2ccccc2s1)Cc1ccccc1. The van der Waals surface area contributed by atoms with Crippen molar-refractivity contribution in [2.24, 2.45) is 0 Å². The molecule has 0 aliphatic heterocycles. The van der Waals surface area contributed by atoms with E-state index in [1.165, 1.54) is 10.3 Å². The Hall–Kier alpha value is -2.24. The topological polar surface area (TPSA) is 45.2 Å². The van der Waals surface area contributed by atoms with Crippen LogP contribution >= 0.6 is 11.3 Å². The number of fused-ring (bicyclic) bond motifs is 1. The molecule has 0 fully saturated rings. The fourth-order valence-corrected chi connectivity index (χ4v) is 3.78. The molecule has 0 radical (unpaired) electrons. The van der Waals surface area contributed by atoms with Crippen molar-refractivity contribution in [3.05, 3.63) is 65.2 Å². The van der Waals surface area contributed by atoms with E-state index in [4.69, 9.17) is 0 Å². The van der Waals surface area contributed by atoms with Gasteiger partial charge in [-0.05, 0) is 31.5 Å². The molecule has 1 aromatic heterocycles. The van der Waals surface area contributed by atoms with Crippen LogP contribution in [0.3, 0.4) is 0 Å². The number of rotatable bonds is 8. The van der Waals surface area contributed by atoms with Gasteiger partial charge in [-0.3, -0.25) is 9.69 Å². The molecule has 1 N–H and O–H groups in total. The Kier molecular flexibility index (Phi) is 6.36. The largest absolute Gasteiger partial charge is 0.355 e. The molecule has 0 saturated heterocycles. The Morgan fingerprint density at radius 3 is 2.58 bits per heavy atom. The van der Waals surface area contributed by atoms with Gasteiger partial charge in [0.15, 0.2) is 0 Å². The first kappa shape index (κ1) is 18.5. The average Bonchev–Trinajstić information content (AvgIpc) is 3.04. The smallest absolute Gasteiger partial charge is 0.234 e. The monoisotopic (exact) mass is 367 g/mol. The molecule has 1 heterocycles. The Labute approximate surface area is 158 Å². The molecule has 0 bridgehead atoms. The van der Waals surface area contributed by atoms with Crippen LogP contribution in [0.4, 0.5) is 0 Å². The van der Waals surface area contributed by atoms with Crippen LogP contribution in [0.15, 0.2) is 54.6 Å². The molecule has 0 aliphatic rings. The second-order valence-corrected chi connectivity index (χ2v) is 7.77. The fraction of sp³-hybridized carbons (Fsp3) is 0.333. The molecule has 136 valence electrons. The molecule has 3 rings (SSSR count). The highest BCUT2D eigenvalue weighted by Crippen LogP contribution is 2.21. The van der Waals surface area contributed by atoms with Crippen molar-refractivity contribution in [2.45, 2.75) is 32.9 Å². The minimum Gasteiger partial charge on any atom is -0.355 e. The van der Waals surface area contributed by atoms with Crippen molar-refractivity contribution in [3.63, 3.8) is 0 Å². The molecular weight excluding hydrogens is 342 g/mol. The van der Waals surface area contributed by atoms with Crippen LogP contribution in [0.25, 0.3) is 10.2 Å². The van der Waals surface area contributed by atoms with E-state index in [1.54, 1.807) is 11.3 Å². The average molecular weight is 368 g/mol. The summed E-state index contributed by atoms with van der Waals surface area (Å²) in [6.07, 6.45) is 0.769. The van der Waals surface area contributed by atoms with Crippen LogP contribution in [-0.4, -0.2) is 34.9 Å². The number of aromatic nitrogens is 1. The predicted octanol–water partition coefficient (Wildman–Crippen LogP) is 3.87. The molecule has 0 saturated carbocycles. The zero-order chi connectivity index (χ0) is 18.4. The number of thiazole rings is 1. The Morgan fingerprint density at radius 2 is 1.85 bits per heavy atom. The fourth-order valence-electron chi connectivity index (χ4n) is 2.82. The zero-order valence-corrected chi connectivity index (χ0v) is 16.1. The Balaban J connectivity index is 1.48. The van der Waals surface area contributed by atoms with Crippen LogP contribution in [0.1, 0.15) is 24.4 Å². The van der Waals surface area contributed by atoms with Crippen LogP contribution < -0.4 is 5.32 Å². The molecule has 0 unspecified atom stereocenters. The number of carbonyl (C=O) groups excluding carboxylic acids is 1. The molecule has 0 aliphatic carbocycles. The highest BCUT2D eigenvalue weighted by atomic mass is 32.1. The van der Waals surface area contributed by atoms with Crippen LogP contribution in [0.5, 0.6) is 0 Å². The lowest BCUT2D eigenvalue weighted by Crippen LogP contribution is -2.40. The summed E-state index contributed by atoms with van der Waals surface area (Å²) >= 11 is 1.70. The van der Waals surface area contributed by atoms with Gasteiger partial charge in [-0.1, -0.05) is 42.5 Å². The van der Waals surface area contributed by atoms with Gasteiger partial charge in [0.2, 0.25) is 5.91 Å². The van der Waals surface area contributed by atoms with E-state index in [-0.39, 0.29) is 5.91 Å². The van der Waals surface area contributed by atoms with Gasteiger partial charge >= 0.3 is 0 Å². The minimum atomic E-state index is 0.0655. The summed E-state index contributed by atoms with van der Waals surface area (Å²) in [6, 6.07) is 18.7. The van der Waals surface area contributed by atoms with Gasteiger partial charge in [-0.25, -0.2) is 4.98 Å². The molecule has 5 heteroatoms. The van der Waals surface area contributed by atoms with Crippen LogP contribution in [0, 0.1) is 0 Å². The number of hydrogen-bond acceptors (Lipinski definition) is 4. The molecule has 2 aromatic carbocycles. The summed E-state index contributed by atoms with van der Waals surface area (Å²) in [5.41, 5.74) is 2.26. The third-order valence-electron chi connectivity index (χ3n) is 4.30. The minimum absolute atomic E-state index is 0.0655. The summed E-state index contributed by atoms with van der Waals surface area (Å²) in [5, 5.41) is 4.10. The normalized spacial score (nSPS) is 11.4. The van der Waals surface area contributed by atoms with Crippen molar-refractivity contribution < 1.29 is 4.79 Å². The van der Waals surface area contributed by atoms with Crippen molar-refractivity contribution in [3.8, 4) is 0 Å². The maximum absolute atomic E-state index is 12.3. The first-order valence-corrected chi connectivity index (χ1v) is 9.82. The van der Waals surface area contributed by atoms with E-state index in [2.05, 4.69) is 47.2 Å². The van der Waals surface area contributed by atoms with Gasteiger partial charge in [0.05, 0.1) is 21.8 Å². The number of amides is 1. The molecule has 0 spiro atoms. The number of para-hydroxylation sites is 1. The summed E-state index contributed by atoms with van der Waals surface area (Å²) in [7, 11) is 0. The van der Waals surface area contributed by atoms with Crippen molar-refractivity contribution in [2.75, 3.05) is 13.1 Å². The highest BCUT2D eigenvalue weighted by Gasteiger charge is 2.14. The van der Waals surface area contributed by atoms with Crippen LogP contribution in [-0.2, 0) is 17.8 Å². The molecule has 4 nitrogen and oxygen atoms in total. The maximum Gasteiger partial charge on any atom is 0.234 e. The number of carbonyl (C=O) groups is 1. The summed E-state index contributed by atoms with van der Waals surface area (Å²) in [6.45, 7) is 6.06. The van der Waals surface area contributed by atoms with Crippen molar-refractivity contribution in [1.29, 1.82) is 0 Å². The number of nitrogens with zero attached hydrogens (tertiary/aromatic N) is 2. The summed E-state index contributed by atoms with van der Waals surface area (Å²) in [5.74, 6) is 0.0655. The lowest BCUT2D eigenvalue weighted by molar-refractivity contribution is -0.122. The van der Waals surface area contributed by atoms with E-state index >= 15 is 0 Å². The van der Waals surface area contributed by atoms with Crippen molar-refractivity contribution >= 4 is 27.5 Å². The quantitative estimate of drug-likeness (QED) is 0.657. The van der Waals surface area contributed by atoms with E-state index in [1.807, 2.05) is 36.4 Å². The van der Waals surface area contributed by atoms with Gasteiger partial charge in [0.25, 0.3) is 0 Å². The van der Waals surface area contributed by atoms with Gasteiger partial charge in [0.1, 0.15) is 0 Å². The molecule has 1 amide bonds. The molecule has 26 heavy (non-hydrogen) atoms. The van der Waals surface area contributed by atoms with E-state index < -0.39 is 0 Å². The number of nitrogens with one attached hydrogen (secondary N) is 1. The van der Waals surface area contributed by atoms with Crippen LogP contribution in [0.2, 0.25) is 0 Å².